The minimum Gasteiger partial charge on any atom is -0.366 e. The third kappa shape index (κ3) is 2.20. The van der Waals surface area contributed by atoms with E-state index in [-0.39, 0.29) is 0 Å². The molecule has 0 atom stereocenters. The van der Waals surface area contributed by atoms with E-state index < -0.39 is 0 Å². The van der Waals surface area contributed by atoms with Crippen LogP contribution in [0.1, 0.15) is 61.9 Å². The molecule has 0 spiro atoms. The summed E-state index contributed by atoms with van der Waals surface area (Å²) in [6, 6.07) is 0. The first-order chi connectivity index (χ1) is 9.92. The normalized spacial score (nSPS) is 24.3. The van der Waals surface area contributed by atoms with Gasteiger partial charge in [0.15, 0.2) is 0 Å². The zero-order valence-corrected chi connectivity index (χ0v) is 12.1. The molecule has 2 saturated carbocycles. The van der Waals surface area contributed by atoms with Gasteiger partial charge in [0.05, 0.1) is 17.6 Å². The van der Waals surface area contributed by atoms with Crippen LogP contribution in [0, 0.1) is 0 Å². The van der Waals surface area contributed by atoms with Crippen molar-refractivity contribution in [2.24, 2.45) is 0 Å². The van der Waals surface area contributed by atoms with E-state index in [0.717, 1.165) is 32.0 Å². The fraction of sp³-hybridized carbons (Fsp3) is 0.750. The van der Waals surface area contributed by atoms with Crippen molar-refractivity contribution in [1.29, 1.82) is 0 Å². The lowest BCUT2D eigenvalue weighted by atomic mass is 9.81. The quantitative estimate of drug-likeness (QED) is 0.917. The third-order valence-electron chi connectivity index (χ3n) is 5.24. The van der Waals surface area contributed by atoms with Crippen LogP contribution < -0.4 is 10.2 Å². The molecule has 3 fully saturated rings. The number of nitrogens with one attached hydrogen (secondary N) is 1. The molecule has 0 unspecified atom stereocenters. The Labute approximate surface area is 121 Å². The zero-order valence-electron chi connectivity index (χ0n) is 12.1. The third-order valence-corrected chi connectivity index (χ3v) is 5.24. The number of aromatic nitrogens is 2. The van der Waals surface area contributed by atoms with Crippen LogP contribution >= 0.6 is 0 Å². The van der Waals surface area contributed by atoms with Gasteiger partial charge in [0.1, 0.15) is 5.82 Å². The van der Waals surface area contributed by atoms with Gasteiger partial charge in [-0.1, -0.05) is 12.8 Å². The lowest BCUT2D eigenvalue weighted by Crippen LogP contribution is -2.44. The summed E-state index contributed by atoms with van der Waals surface area (Å²) in [5, 5.41) is 3.43. The van der Waals surface area contributed by atoms with Crippen LogP contribution in [0.3, 0.4) is 0 Å². The highest BCUT2D eigenvalue weighted by molar-refractivity contribution is 5.51. The number of hydrogen-bond donors (Lipinski definition) is 1. The van der Waals surface area contributed by atoms with E-state index in [2.05, 4.69) is 16.4 Å². The first-order valence-electron chi connectivity index (χ1n) is 8.24. The number of rotatable bonds is 3. The molecule has 1 aromatic rings. The summed E-state index contributed by atoms with van der Waals surface area (Å²) in [6.07, 6.45) is 10.1. The van der Waals surface area contributed by atoms with Crippen molar-refractivity contribution >= 4 is 5.69 Å². The fourth-order valence-corrected chi connectivity index (χ4v) is 3.40. The van der Waals surface area contributed by atoms with E-state index in [4.69, 9.17) is 9.97 Å². The molecule has 0 radical (unpaired) electrons. The average molecular weight is 272 g/mol. The van der Waals surface area contributed by atoms with Gasteiger partial charge in [0.2, 0.25) is 0 Å². The molecule has 1 aromatic heterocycles. The Kier molecular flexibility index (Phi) is 3.34. The van der Waals surface area contributed by atoms with Crippen LogP contribution in [0.15, 0.2) is 6.20 Å². The summed E-state index contributed by atoms with van der Waals surface area (Å²) in [4.78, 5) is 12.2. The number of piperazine rings is 1. The molecule has 1 N–H and O–H groups in total. The summed E-state index contributed by atoms with van der Waals surface area (Å²) in [5.41, 5.74) is 2.68. The van der Waals surface area contributed by atoms with Crippen LogP contribution in [0.2, 0.25) is 0 Å². The summed E-state index contributed by atoms with van der Waals surface area (Å²) in [6.45, 7) is 4.33. The summed E-state index contributed by atoms with van der Waals surface area (Å²) >= 11 is 0. The van der Waals surface area contributed by atoms with Crippen LogP contribution in [-0.4, -0.2) is 36.1 Å². The molecule has 1 saturated heterocycles. The second-order valence-electron chi connectivity index (χ2n) is 6.49. The van der Waals surface area contributed by atoms with Crippen molar-refractivity contribution in [2.75, 3.05) is 31.1 Å². The maximum atomic E-state index is 5.02. The van der Waals surface area contributed by atoms with Crippen LogP contribution in [0.25, 0.3) is 0 Å². The van der Waals surface area contributed by atoms with E-state index >= 15 is 0 Å². The minimum atomic E-state index is 0.644. The van der Waals surface area contributed by atoms with E-state index in [1.165, 1.54) is 49.9 Å². The van der Waals surface area contributed by atoms with Crippen LogP contribution in [-0.2, 0) is 0 Å². The van der Waals surface area contributed by atoms with E-state index in [9.17, 15) is 0 Å². The summed E-state index contributed by atoms with van der Waals surface area (Å²) in [7, 11) is 0. The Morgan fingerprint density at radius 1 is 1.00 bits per heavy atom. The molecule has 20 heavy (non-hydrogen) atoms. The molecule has 0 bridgehead atoms. The Morgan fingerprint density at radius 3 is 2.30 bits per heavy atom. The van der Waals surface area contributed by atoms with Gasteiger partial charge in [-0.2, -0.15) is 0 Å². The Morgan fingerprint density at radius 2 is 1.70 bits per heavy atom. The van der Waals surface area contributed by atoms with Gasteiger partial charge in [-0.15, -0.1) is 0 Å². The topological polar surface area (TPSA) is 41.1 Å². The molecular formula is C16H24N4. The molecule has 1 aliphatic heterocycles. The van der Waals surface area contributed by atoms with Gasteiger partial charge in [0, 0.05) is 38.0 Å². The smallest absolute Gasteiger partial charge is 0.131 e. The molecule has 4 heteroatoms. The predicted molar refractivity (Wildman–Crippen MR) is 80.3 cm³/mol. The summed E-state index contributed by atoms with van der Waals surface area (Å²) < 4.78 is 0. The van der Waals surface area contributed by atoms with Gasteiger partial charge in [0.25, 0.3) is 0 Å². The van der Waals surface area contributed by atoms with Gasteiger partial charge >= 0.3 is 0 Å². The van der Waals surface area contributed by atoms with E-state index in [1.807, 2.05) is 0 Å². The predicted octanol–water partition coefficient (Wildman–Crippen LogP) is 2.42. The van der Waals surface area contributed by atoms with Crippen molar-refractivity contribution in [3.05, 3.63) is 17.7 Å². The Bertz CT molecular complexity index is 473. The van der Waals surface area contributed by atoms with Gasteiger partial charge < -0.3 is 10.2 Å². The standard InChI is InChI=1S/C16H24N4/c1-3-12(4-1)15-14(20-9-7-17-8-10-20)11-18-16(19-15)13-5-2-6-13/h11-13,17H,1-10H2. The Balaban J connectivity index is 1.65. The minimum absolute atomic E-state index is 0.644. The highest BCUT2D eigenvalue weighted by Crippen LogP contribution is 2.41. The maximum Gasteiger partial charge on any atom is 0.131 e. The number of nitrogens with zero attached hydrogens (tertiary/aromatic N) is 3. The van der Waals surface area contributed by atoms with Crippen LogP contribution in [0.4, 0.5) is 5.69 Å². The van der Waals surface area contributed by atoms with Crippen molar-refractivity contribution in [1.82, 2.24) is 15.3 Å². The molecule has 0 aromatic carbocycles. The van der Waals surface area contributed by atoms with Crippen molar-refractivity contribution in [2.45, 2.75) is 50.4 Å². The monoisotopic (exact) mass is 272 g/mol. The molecule has 3 aliphatic rings. The molecule has 4 rings (SSSR count). The van der Waals surface area contributed by atoms with Crippen molar-refractivity contribution in [3.8, 4) is 0 Å². The van der Waals surface area contributed by atoms with Crippen molar-refractivity contribution < 1.29 is 0 Å². The summed E-state index contributed by atoms with van der Waals surface area (Å²) in [5.74, 6) is 2.46. The first-order valence-corrected chi connectivity index (χ1v) is 8.24. The number of hydrogen-bond acceptors (Lipinski definition) is 4. The molecule has 2 aliphatic carbocycles. The number of anilines is 1. The molecule has 0 amide bonds. The lowest BCUT2D eigenvalue weighted by molar-refractivity contribution is 0.384. The fourth-order valence-electron chi connectivity index (χ4n) is 3.40. The van der Waals surface area contributed by atoms with E-state index in [1.54, 1.807) is 0 Å². The lowest BCUT2D eigenvalue weighted by Gasteiger charge is -2.35. The molecule has 4 nitrogen and oxygen atoms in total. The SMILES string of the molecule is c1nc(C2CCC2)nc(C2CCC2)c1N1CCNCC1. The van der Waals surface area contributed by atoms with E-state index in [0.29, 0.717) is 11.8 Å². The second-order valence-corrected chi connectivity index (χ2v) is 6.49. The first kappa shape index (κ1) is 12.6. The van der Waals surface area contributed by atoms with Gasteiger partial charge in [-0.05, 0) is 25.7 Å². The van der Waals surface area contributed by atoms with Gasteiger partial charge in [-0.25, -0.2) is 9.97 Å². The molecule has 2 heterocycles. The van der Waals surface area contributed by atoms with Crippen LogP contribution in [0.5, 0.6) is 0 Å². The zero-order chi connectivity index (χ0) is 13.4. The van der Waals surface area contributed by atoms with Gasteiger partial charge in [-0.3, -0.25) is 0 Å². The maximum absolute atomic E-state index is 5.02. The molecule has 108 valence electrons. The average Bonchev–Trinajstić information content (AvgIpc) is 2.36. The second kappa shape index (κ2) is 5.32. The molecular weight excluding hydrogens is 248 g/mol. The highest BCUT2D eigenvalue weighted by Gasteiger charge is 2.29. The largest absolute Gasteiger partial charge is 0.366 e. The van der Waals surface area contributed by atoms with Crippen molar-refractivity contribution in [3.63, 3.8) is 0 Å². The highest BCUT2D eigenvalue weighted by atomic mass is 15.2. The Hall–Kier alpha value is -1.16.